The quantitative estimate of drug-likeness (QED) is 0.449. The fourth-order valence-electron chi connectivity index (χ4n) is 2.47. The molecule has 2 rings (SSSR count). The lowest BCUT2D eigenvalue weighted by Crippen LogP contribution is -2.18. The molecule has 4 nitrogen and oxygen atoms in total. The van der Waals surface area contributed by atoms with Gasteiger partial charge in [-0.15, -0.1) is 0 Å². The van der Waals surface area contributed by atoms with Crippen LogP contribution in [0.4, 0.5) is 0 Å². The highest BCUT2D eigenvalue weighted by atomic mass is 35.5. The molecule has 0 aliphatic rings. The van der Waals surface area contributed by atoms with Crippen molar-refractivity contribution in [2.24, 2.45) is 0 Å². The second-order valence-corrected chi connectivity index (χ2v) is 6.39. The minimum absolute atomic E-state index is 0.106. The van der Waals surface area contributed by atoms with Crippen molar-refractivity contribution in [3.05, 3.63) is 61.9 Å². The van der Waals surface area contributed by atoms with Crippen molar-refractivity contribution < 1.29 is 14.3 Å². The van der Waals surface area contributed by atoms with Crippen LogP contribution in [0.3, 0.4) is 0 Å². The van der Waals surface area contributed by atoms with Crippen molar-refractivity contribution in [3.63, 3.8) is 0 Å². The molecule has 0 saturated heterocycles. The molecule has 0 aliphatic carbocycles. The number of benzene rings is 1. The van der Waals surface area contributed by atoms with E-state index >= 15 is 0 Å². The van der Waals surface area contributed by atoms with Crippen LogP contribution in [0.1, 0.15) is 43.1 Å². The number of rotatable bonds is 4. The third-order valence-electron chi connectivity index (χ3n) is 3.98. The van der Waals surface area contributed by atoms with Crippen molar-refractivity contribution in [2.75, 3.05) is 6.61 Å². The molecule has 0 spiro atoms. The lowest BCUT2D eigenvalue weighted by Gasteiger charge is -2.14. The van der Waals surface area contributed by atoms with E-state index in [2.05, 4.69) is 4.98 Å². The first kappa shape index (κ1) is 18.4. The van der Waals surface area contributed by atoms with Gasteiger partial charge in [0, 0.05) is 5.56 Å². The summed E-state index contributed by atoms with van der Waals surface area (Å²) in [6.45, 7) is 7.27. The Morgan fingerprint density at radius 2 is 1.62 bits per heavy atom. The first-order valence-electron chi connectivity index (χ1n) is 7.32. The molecule has 1 aromatic heterocycles. The molecule has 0 radical (unpaired) electrons. The number of aromatic nitrogens is 1. The zero-order valence-electron chi connectivity index (χ0n) is 13.9. The summed E-state index contributed by atoms with van der Waals surface area (Å²) >= 11 is 11.7. The number of ketones is 1. The number of nitrogens with zero attached hydrogens (tertiary/aromatic N) is 1. The van der Waals surface area contributed by atoms with Gasteiger partial charge in [-0.1, -0.05) is 29.3 Å². The second-order valence-electron chi connectivity index (χ2n) is 5.60. The van der Waals surface area contributed by atoms with Crippen LogP contribution in [0.5, 0.6) is 0 Å². The maximum Gasteiger partial charge on any atom is 0.359 e. The Bertz CT molecular complexity index is 805. The van der Waals surface area contributed by atoms with Crippen molar-refractivity contribution in [1.82, 2.24) is 4.98 Å². The van der Waals surface area contributed by atoms with Crippen LogP contribution >= 0.6 is 23.2 Å². The third-order valence-corrected chi connectivity index (χ3v) is 4.50. The number of hydrogen-bond donors (Lipinski definition) is 0. The normalized spacial score (nSPS) is 10.6. The minimum Gasteiger partial charge on any atom is -0.453 e. The molecule has 1 aromatic carbocycles. The summed E-state index contributed by atoms with van der Waals surface area (Å²) in [4.78, 5) is 28.4. The Morgan fingerprint density at radius 3 is 2.21 bits per heavy atom. The van der Waals surface area contributed by atoms with Crippen molar-refractivity contribution in [3.8, 4) is 0 Å². The Morgan fingerprint density at radius 1 is 1.04 bits per heavy atom. The first-order valence-corrected chi connectivity index (χ1v) is 8.07. The molecule has 6 heteroatoms. The number of carbonyl (C=O) groups is 2. The number of carbonyl (C=O) groups excluding carboxylic acids is 2. The van der Waals surface area contributed by atoms with Crippen molar-refractivity contribution in [1.29, 1.82) is 0 Å². The number of esters is 1. The topological polar surface area (TPSA) is 56.3 Å². The largest absolute Gasteiger partial charge is 0.453 e. The van der Waals surface area contributed by atoms with Gasteiger partial charge in [-0.3, -0.25) is 4.79 Å². The van der Waals surface area contributed by atoms with Gasteiger partial charge in [0.25, 0.3) is 0 Å². The molecule has 2 aromatic rings. The number of aryl methyl sites for hydroxylation is 2. The van der Waals surface area contributed by atoms with E-state index in [1.807, 2.05) is 33.8 Å². The molecule has 0 saturated carbocycles. The van der Waals surface area contributed by atoms with Gasteiger partial charge in [0.15, 0.2) is 12.3 Å². The number of Topliss-reactive ketones (excluding diaryl/α,β-unsaturated/α-hetero) is 1. The van der Waals surface area contributed by atoms with E-state index in [0.717, 1.165) is 22.3 Å². The van der Waals surface area contributed by atoms with Crippen LogP contribution in [0.2, 0.25) is 10.2 Å². The Balaban J connectivity index is 2.20. The SMILES string of the molecule is Cc1cc(C)c(C)c(C(=O)COC(=O)c2nc(Cl)ccc2Cl)c1C. The number of ether oxygens (including phenoxy) is 1. The van der Waals surface area contributed by atoms with Gasteiger partial charge < -0.3 is 4.74 Å². The van der Waals surface area contributed by atoms with Crippen LogP contribution < -0.4 is 0 Å². The lowest BCUT2D eigenvalue weighted by molar-refractivity contribution is 0.0468. The number of halogens is 2. The predicted molar refractivity (Wildman–Crippen MR) is 94.3 cm³/mol. The number of hydrogen-bond acceptors (Lipinski definition) is 4. The van der Waals surface area contributed by atoms with Crippen LogP contribution in [-0.4, -0.2) is 23.3 Å². The highest BCUT2D eigenvalue weighted by Crippen LogP contribution is 2.23. The molecule has 0 bridgehead atoms. The lowest BCUT2D eigenvalue weighted by atomic mass is 9.92. The summed E-state index contributed by atoms with van der Waals surface area (Å²) in [6, 6.07) is 4.95. The highest BCUT2D eigenvalue weighted by molar-refractivity contribution is 6.34. The summed E-state index contributed by atoms with van der Waals surface area (Å²) in [5, 5.41) is 0.245. The van der Waals surface area contributed by atoms with Crippen LogP contribution in [0.15, 0.2) is 18.2 Å². The monoisotopic (exact) mass is 365 g/mol. The maximum atomic E-state index is 12.5. The van der Waals surface area contributed by atoms with E-state index in [9.17, 15) is 9.59 Å². The van der Waals surface area contributed by atoms with Gasteiger partial charge in [0.2, 0.25) is 5.78 Å². The molecule has 0 aliphatic heterocycles. The number of pyridine rings is 1. The van der Waals surface area contributed by atoms with Crippen LogP contribution in [0.25, 0.3) is 0 Å². The van der Waals surface area contributed by atoms with Gasteiger partial charge in [0.1, 0.15) is 5.15 Å². The molecule has 0 atom stereocenters. The van der Waals surface area contributed by atoms with Gasteiger partial charge in [-0.05, 0) is 62.1 Å². The van der Waals surface area contributed by atoms with Crippen LogP contribution in [-0.2, 0) is 4.74 Å². The average Bonchev–Trinajstić information content (AvgIpc) is 2.53. The van der Waals surface area contributed by atoms with Crippen molar-refractivity contribution in [2.45, 2.75) is 27.7 Å². The Kier molecular flexibility index (Phi) is 5.62. The summed E-state index contributed by atoms with van der Waals surface area (Å²) in [6.07, 6.45) is 0. The van der Waals surface area contributed by atoms with E-state index in [0.29, 0.717) is 5.56 Å². The van der Waals surface area contributed by atoms with E-state index in [1.165, 1.54) is 12.1 Å². The highest BCUT2D eigenvalue weighted by Gasteiger charge is 2.20. The van der Waals surface area contributed by atoms with Crippen molar-refractivity contribution >= 4 is 35.0 Å². The molecular formula is C18H17Cl2NO3. The predicted octanol–water partition coefficient (Wildman–Crippen LogP) is 4.66. The Hall–Kier alpha value is -1.91. The summed E-state index contributed by atoms with van der Waals surface area (Å²) in [5.41, 5.74) is 4.30. The fraction of sp³-hybridized carbons (Fsp3) is 0.278. The minimum atomic E-state index is -0.782. The molecular weight excluding hydrogens is 349 g/mol. The standard InChI is InChI=1S/C18H17Cl2NO3/c1-9-7-10(2)12(4)16(11(9)3)14(22)8-24-18(23)17-13(19)5-6-15(20)21-17/h5-7H,8H2,1-4H3. The molecule has 0 fully saturated rings. The summed E-state index contributed by atoms with van der Waals surface area (Å²) < 4.78 is 5.08. The van der Waals surface area contributed by atoms with Gasteiger partial charge >= 0.3 is 5.97 Å². The summed E-state index contributed by atoms with van der Waals surface area (Å²) in [5.74, 6) is -1.04. The van der Waals surface area contributed by atoms with Gasteiger partial charge in [-0.2, -0.15) is 0 Å². The smallest absolute Gasteiger partial charge is 0.359 e. The van der Waals surface area contributed by atoms with E-state index in [4.69, 9.17) is 27.9 Å². The fourth-order valence-corrected chi connectivity index (χ4v) is 2.80. The molecule has 1 heterocycles. The van der Waals surface area contributed by atoms with Gasteiger partial charge in [0.05, 0.1) is 5.02 Å². The van der Waals surface area contributed by atoms with E-state index in [1.54, 1.807) is 0 Å². The van der Waals surface area contributed by atoms with E-state index in [-0.39, 0.29) is 28.3 Å². The third kappa shape index (κ3) is 3.77. The molecule has 0 unspecified atom stereocenters. The van der Waals surface area contributed by atoms with E-state index < -0.39 is 5.97 Å². The zero-order valence-corrected chi connectivity index (χ0v) is 15.4. The molecule has 126 valence electrons. The first-order chi connectivity index (χ1) is 11.2. The Labute approximate surface area is 150 Å². The average molecular weight is 366 g/mol. The molecule has 24 heavy (non-hydrogen) atoms. The molecule has 0 N–H and O–H groups in total. The second kappa shape index (κ2) is 7.32. The van der Waals surface area contributed by atoms with Crippen LogP contribution in [0, 0.1) is 27.7 Å². The maximum absolute atomic E-state index is 12.5. The summed E-state index contributed by atoms with van der Waals surface area (Å²) in [7, 11) is 0. The zero-order chi connectivity index (χ0) is 18.0. The van der Waals surface area contributed by atoms with Gasteiger partial charge in [-0.25, -0.2) is 9.78 Å². The molecule has 0 amide bonds.